The van der Waals surface area contributed by atoms with Crippen LogP contribution in [0.1, 0.15) is 22.3 Å². The SMILES string of the molecule is c1ccc(-c2nc(-c3ccccc3-c3ccccc3)cc(-c3ccc(-c4cccc5c4-c4c(ccc6ccccc46)C5(c4ccccc4)c4ccccc4)c4ccccc34)n2)cc1. The number of nitrogens with zero attached hydrogens (tertiary/aromatic N) is 2. The summed E-state index contributed by atoms with van der Waals surface area (Å²) in [7, 11) is 0. The van der Waals surface area contributed by atoms with E-state index >= 15 is 0 Å². The molecular formula is C61H40N2. The molecule has 0 radical (unpaired) electrons. The first kappa shape index (κ1) is 36.6. The summed E-state index contributed by atoms with van der Waals surface area (Å²) in [6.07, 6.45) is 0. The molecule has 1 aliphatic carbocycles. The third-order valence-electron chi connectivity index (χ3n) is 13.0. The Bertz CT molecular complexity index is 3450. The van der Waals surface area contributed by atoms with E-state index in [0.717, 1.165) is 44.6 Å². The van der Waals surface area contributed by atoms with Crippen LogP contribution in [0.2, 0.25) is 0 Å². The van der Waals surface area contributed by atoms with Crippen LogP contribution in [0, 0.1) is 0 Å². The van der Waals surface area contributed by atoms with Crippen molar-refractivity contribution in [1.82, 2.24) is 9.97 Å². The molecule has 1 aromatic heterocycles. The van der Waals surface area contributed by atoms with Crippen molar-refractivity contribution in [3.63, 3.8) is 0 Å². The predicted molar refractivity (Wildman–Crippen MR) is 262 cm³/mol. The van der Waals surface area contributed by atoms with E-state index in [-0.39, 0.29) is 0 Å². The van der Waals surface area contributed by atoms with E-state index in [1.807, 2.05) is 6.07 Å². The van der Waals surface area contributed by atoms with Gasteiger partial charge in [-0.25, -0.2) is 9.97 Å². The molecule has 0 aliphatic heterocycles. The molecule has 2 heteroatoms. The van der Waals surface area contributed by atoms with Gasteiger partial charge in [0.1, 0.15) is 0 Å². The molecule has 294 valence electrons. The van der Waals surface area contributed by atoms with Gasteiger partial charge in [0, 0.05) is 16.7 Å². The molecule has 0 unspecified atom stereocenters. The van der Waals surface area contributed by atoms with Crippen LogP contribution in [0.25, 0.3) is 88.8 Å². The minimum Gasteiger partial charge on any atom is -0.228 e. The van der Waals surface area contributed by atoms with Crippen molar-refractivity contribution in [2.24, 2.45) is 0 Å². The van der Waals surface area contributed by atoms with Gasteiger partial charge in [0.2, 0.25) is 0 Å². The van der Waals surface area contributed by atoms with Gasteiger partial charge >= 0.3 is 0 Å². The van der Waals surface area contributed by atoms with Crippen LogP contribution in [0.5, 0.6) is 0 Å². The Hall–Kier alpha value is -8.20. The highest BCUT2D eigenvalue weighted by Crippen LogP contribution is 2.60. The lowest BCUT2D eigenvalue weighted by Crippen LogP contribution is -2.28. The highest BCUT2D eigenvalue weighted by Gasteiger charge is 2.47. The fourth-order valence-electron chi connectivity index (χ4n) is 10.3. The van der Waals surface area contributed by atoms with Crippen LogP contribution >= 0.6 is 0 Å². The number of hydrogen-bond acceptors (Lipinski definition) is 2. The quantitative estimate of drug-likeness (QED) is 0.160. The minimum atomic E-state index is -0.524. The molecule has 63 heavy (non-hydrogen) atoms. The normalized spacial score (nSPS) is 12.6. The number of fused-ring (bicyclic) bond motifs is 6. The predicted octanol–water partition coefficient (Wildman–Crippen LogP) is 15.5. The highest BCUT2D eigenvalue weighted by molar-refractivity contribution is 6.12. The van der Waals surface area contributed by atoms with E-state index in [0.29, 0.717) is 5.82 Å². The highest BCUT2D eigenvalue weighted by atomic mass is 14.9. The molecule has 0 spiro atoms. The molecule has 0 saturated carbocycles. The molecule has 0 N–H and O–H groups in total. The summed E-state index contributed by atoms with van der Waals surface area (Å²) in [4.78, 5) is 10.6. The van der Waals surface area contributed by atoms with Crippen molar-refractivity contribution >= 4 is 21.5 Å². The Labute approximate surface area is 367 Å². The van der Waals surface area contributed by atoms with Crippen molar-refractivity contribution in [2.75, 3.05) is 0 Å². The molecule has 0 atom stereocenters. The topological polar surface area (TPSA) is 25.8 Å². The van der Waals surface area contributed by atoms with Crippen LogP contribution < -0.4 is 0 Å². The molecule has 1 heterocycles. The molecule has 12 rings (SSSR count). The lowest BCUT2D eigenvalue weighted by molar-refractivity contribution is 0.769. The van der Waals surface area contributed by atoms with Gasteiger partial charge in [-0.15, -0.1) is 0 Å². The summed E-state index contributed by atoms with van der Waals surface area (Å²) in [5, 5.41) is 4.81. The van der Waals surface area contributed by atoms with E-state index in [1.54, 1.807) is 0 Å². The summed E-state index contributed by atoms with van der Waals surface area (Å²) in [6, 6.07) is 87.7. The van der Waals surface area contributed by atoms with Gasteiger partial charge in [0.25, 0.3) is 0 Å². The first-order valence-corrected chi connectivity index (χ1v) is 21.7. The third kappa shape index (κ3) is 5.87. The Morgan fingerprint density at radius 3 is 1.46 bits per heavy atom. The monoisotopic (exact) mass is 800 g/mol. The fraction of sp³-hybridized carbons (Fsp3) is 0.0164. The Balaban J connectivity index is 1.12. The second-order valence-corrected chi connectivity index (χ2v) is 16.4. The van der Waals surface area contributed by atoms with Gasteiger partial charge in [-0.05, 0) is 83.2 Å². The standard InChI is InChI=1S/C61H40N2/c1-5-20-41(21-6-1)46-29-15-18-33-51(46)56-40-57(63-60(62-56)43-23-7-2-8-24-43)52-38-37-50(48-31-16-17-32-49(48)52)53-34-19-35-54-59(53)58-47-30-14-13-22-42(47)36-39-55(58)61(54,44-25-9-3-10-26-44)45-27-11-4-12-28-45/h1-40H. The zero-order valence-electron chi connectivity index (χ0n) is 34.5. The van der Waals surface area contributed by atoms with Crippen molar-refractivity contribution in [1.29, 1.82) is 0 Å². The second-order valence-electron chi connectivity index (χ2n) is 16.4. The maximum atomic E-state index is 5.35. The van der Waals surface area contributed by atoms with Crippen molar-refractivity contribution < 1.29 is 0 Å². The average molecular weight is 801 g/mol. The maximum Gasteiger partial charge on any atom is 0.160 e. The van der Waals surface area contributed by atoms with Crippen molar-refractivity contribution in [3.05, 3.63) is 265 Å². The number of aromatic nitrogens is 2. The minimum absolute atomic E-state index is 0.524. The van der Waals surface area contributed by atoms with Gasteiger partial charge in [0.05, 0.1) is 16.8 Å². The molecule has 0 bridgehead atoms. The van der Waals surface area contributed by atoms with Gasteiger partial charge in [-0.3, -0.25) is 0 Å². The van der Waals surface area contributed by atoms with Crippen LogP contribution in [-0.4, -0.2) is 9.97 Å². The van der Waals surface area contributed by atoms with Gasteiger partial charge in [-0.2, -0.15) is 0 Å². The average Bonchev–Trinajstić information content (AvgIpc) is 3.69. The second kappa shape index (κ2) is 15.1. The van der Waals surface area contributed by atoms with E-state index in [1.165, 1.54) is 60.7 Å². The van der Waals surface area contributed by atoms with Crippen molar-refractivity contribution in [2.45, 2.75) is 5.41 Å². The number of benzene rings is 10. The zero-order valence-corrected chi connectivity index (χ0v) is 34.5. The van der Waals surface area contributed by atoms with Gasteiger partial charge < -0.3 is 0 Å². The Morgan fingerprint density at radius 1 is 0.286 bits per heavy atom. The van der Waals surface area contributed by atoms with Crippen LogP contribution in [0.15, 0.2) is 243 Å². The maximum absolute atomic E-state index is 5.35. The van der Waals surface area contributed by atoms with Crippen molar-refractivity contribution in [3.8, 4) is 67.3 Å². The van der Waals surface area contributed by atoms with Gasteiger partial charge in [-0.1, -0.05) is 237 Å². The Kier molecular flexibility index (Phi) is 8.76. The van der Waals surface area contributed by atoms with Crippen LogP contribution in [0.4, 0.5) is 0 Å². The number of rotatable bonds is 7. The summed E-state index contributed by atoms with van der Waals surface area (Å²) < 4.78 is 0. The van der Waals surface area contributed by atoms with Gasteiger partial charge in [0.15, 0.2) is 5.82 Å². The zero-order chi connectivity index (χ0) is 41.7. The van der Waals surface area contributed by atoms with E-state index in [9.17, 15) is 0 Å². The molecule has 2 nitrogen and oxygen atoms in total. The number of hydrogen-bond donors (Lipinski definition) is 0. The first-order valence-electron chi connectivity index (χ1n) is 21.7. The summed E-state index contributed by atoms with van der Waals surface area (Å²) in [6.45, 7) is 0. The lowest BCUT2D eigenvalue weighted by Gasteiger charge is -2.34. The smallest absolute Gasteiger partial charge is 0.160 e. The van der Waals surface area contributed by atoms with Crippen LogP contribution in [0.3, 0.4) is 0 Å². The molecular weight excluding hydrogens is 761 g/mol. The van der Waals surface area contributed by atoms with E-state index in [4.69, 9.17) is 9.97 Å². The molecule has 1 aliphatic rings. The Morgan fingerprint density at radius 2 is 0.778 bits per heavy atom. The summed E-state index contributed by atoms with van der Waals surface area (Å²) >= 11 is 0. The molecule has 11 aromatic rings. The molecule has 0 saturated heterocycles. The van der Waals surface area contributed by atoms with Crippen LogP contribution in [-0.2, 0) is 5.41 Å². The lowest BCUT2D eigenvalue weighted by atomic mass is 9.67. The van der Waals surface area contributed by atoms with E-state index < -0.39 is 5.41 Å². The molecule has 0 amide bonds. The molecule has 10 aromatic carbocycles. The third-order valence-corrected chi connectivity index (χ3v) is 13.0. The summed E-state index contributed by atoms with van der Waals surface area (Å²) in [5.41, 5.74) is 16.7. The first-order chi connectivity index (χ1) is 31.3. The fourth-order valence-corrected chi connectivity index (χ4v) is 10.3. The largest absolute Gasteiger partial charge is 0.228 e. The van der Waals surface area contributed by atoms with E-state index in [2.05, 4.69) is 237 Å². The molecule has 0 fully saturated rings. The summed E-state index contributed by atoms with van der Waals surface area (Å²) in [5.74, 6) is 0.696.